The fourth-order valence-corrected chi connectivity index (χ4v) is 3.76. The lowest BCUT2D eigenvalue weighted by atomic mass is 10.2. The van der Waals surface area contributed by atoms with Crippen molar-refractivity contribution in [2.75, 3.05) is 7.11 Å². The number of rotatable bonds is 4. The van der Waals surface area contributed by atoms with Crippen LogP contribution in [0, 0.1) is 6.92 Å². The molecule has 0 atom stereocenters. The molecule has 24 heavy (non-hydrogen) atoms. The Balaban J connectivity index is 2.86. The molecule has 0 unspecified atom stereocenters. The number of hydrogen-bond acceptors (Lipinski definition) is 4. The fourth-order valence-electron chi connectivity index (χ4n) is 2.35. The Labute approximate surface area is 141 Å². The van der Waals surface area contributed by atoms with Crippen LogP contribution < -0.4 is 10.6 Å². The van der Waals surface area contributed by atoms with Crippen LogP contribution >= 0.6 is 0 Å². The van der Waals surface area contributed by atoms with Gasteiger partial charge in [-0.1, -0.05) is 36.4 Å². The van der Waals surface area contributed by atoms with Gasteiger partial charge >= 0.3 is 5.97 Å². The Bertz CT molecular complexity index is 996. The summed E-state index contributed by atoms with van der Waals surface area (Å²) in [5.74, 6) is -0.590. The molecule has 0 saturated heterocycles. The van der Waals surface area contributed by atoms with E-state index in [1.54, 1.807) is 36.4 Å². The maximum Gasteiger partial charge on any atom is 0.335 e. The van der Waals surface area contributed by atoms with Crippen LogP contribution in [0.1, 0.15) is 12.5 Å². The first-order valence-corrected chi connectivity index (χ1v) is 8.68. The molecule has 0 aliphatic carbocycles. The Kier molecular flexibility index (Phi) is 5.09. The molecule has 0 aliphatic rings. The van der Waals surface area contributed by atoms with Crippen molar-refractivity contribution in [2.45, 2.75) is 18.7 Å². The van der Waals surface area contributed by atoms with Crippen molar-refractivity contribution in [2.24, 2.45) is 0 Å². The molecule has 0 N–H and O–H groups in total. The second kappa shape index (κ2) is 6.88. The van der Waals surface area contributed by atoms with Crippen molar-refractivity contribution in [1.82, 2.24) is 3.97 Å². The van der Waals surface area contributed by atoms with Gasteiger partial charge in [-0.05, 0) is 32.0 Å². The maximum atomic E-state index is 13.0. The molecule has 126 valence electrons. The SMILES string of the molecule is C=C/C=c1/ccn(S(=O)(=O)c2ccc(C)cc2)/c1=C(/C)C(=O)OC. The summed E-state index contributed by atoms with van der Waals surface area (Å²) in [6, 6.07) is 8.15. The summed E-state index contributed by atoms with van der Waals surface area (Å²) in [5, 5.41) is 0.839. The third kappa shape index (κ3) is 3.19. The molecule has 2 aromatic rings. The number of allylic oxidation sites excluding steroid dienone is 1. The summed E-state index contributed by atoms with van der Waals surface area (Å²) in [7, 11) is -2.58. The van der Waals surface area contributed by atoms with Crippen LogP contribution in [0.25, 0.3) is 11.6 Å². The second-order valence-electron chi connectivity index (χ2n) is 5.25. The molecular formula is C18H19NO4S. The largest absolute Gasteiger partial charge is 0.466 e. The van der Waals surface area contributed by atoms with Gasteiger partial charge in [-0.3, -0.25) is 0 Å². The molecule has 0 bridgehead atoms. The van der Waals surface area contributed by atoms with Gasteiger partial charge in [-0.2, -0.15) is 0 Å². The summed E-state index contributed by atoms with van der Waals surface area (Å²) >= 11 is 0. The predicted octanol–water partition coefficient (Wildman–Crippen LogP) is 1.34. The van der Waals surface area contributed by atoms with Gasteiger partial charge in [0.15, 0.2) is 0 Å². The zero-order valence-corrected chi connectivity index (χ0v) is 14.6. The van der Waals surface area contributed by atoms with Gasteiger partial charge in [0.1, 0.15) is 0 Å². The maximum absolute atomic E-state index is 13.0. The van der Waals surface area contributed by atoms with E-state index in [0.717, 1.165) is 9.54 Å². The van der Waals surface area contributed by atoms with Crippen LogP contribution in [0.4, 0.5) is 0 Å². The molecular weight excluding hydrogens is 326 g/mol. The smallest absolute Gasteiger partial charge is 0.335 e. The third-order valence-corrected chi connectivity index (χ3v) is 5.30. The second-order valence-corrected chi connectivity index (χ2v) is 7.07. The van der Waals surface area contributed by atoms with Crippen LogP contribution in [0.3, 0.4) is 0 Å². The van der Waals surface area contributed by atoms with Gasteiger partial charge in [0.25, 0.3) is 10.0 Å². The highest BCUT2D eigenvalue weighted by molar-refractivity contribution is 7.90. The first kappa shape index (κ1) is 17.7. The van der Waals surface area contributed by atoms with Crippen LogP contribution in [-0.2, 0) is 19.6 Å². The van der Waals surface area contributed by atoms with E-state index in [9.17, 15) is 13.2 Å². The number of nitrogens with zero attached hydrogens (tertiary/aromatic N) is 1. The van der Waals surface area contributed by atoms with Crippen LogP contribution in [0.15, 0.2) is 54.1 Å². The highest BCUT2D eigenvalue weighted by Gasteiger charge is 2.20. The fraction of sp³-hybridized carbons (Fsp3) is 0.167. The van der Waals surface area contributed by atoms with E-state index in [-0.39, 0.29) is 15.8 Å². The first-order valence-electron chi connectivity index (χ1n) is 7.24. The monoisotopic (exact) mass is 345 g/mol. The van der Waals surface area contributed by atoms with Gasteiger partial charge in [0.2, 0.25) is 0 Å². The highest BCUT2D eigenvalue weighted by atomic mass is 32.2. The number of esters is 1. The molecule has 1 aromatic heterocycles. The molecule has 0 amide bonds. The summed E-state index contributed by atoms with van der Waals surface area (Å²) in [6.45, 7) is 7.03. The number of carbonyl (C=O) groups excluding carboxylic acids is 1. The molecule has 1 heterocycles. The van der Waals surface area contributed by atoms with Crippen LogP contribution in [0.5, 0.6) is 0 Å². The number of aryl methyl sites for hydroxylation is 1. The average Bonchev–Trinajstić information content (AvgIpc) is 2.98. The van der Waals surface area contributed by atoms with Gasteiger partial charge in [0, 0.05) is 11.4 Å². The van der Waals surface area contributed by atoms with Crippen molar-refractivity contribution in [1.29, 1.82) is 0 Å². The van der Waals surface area contributed by atoms with Crippen molar-refractivity contribution >= 4 is 27.6 Å². The molecule has 2 rings (SSSR count). The first-order chi connectivity index (χ1) is 11.3. The van der Waals surface area contributed by atoms with Gasteiger partial charge in [-0.15, -0.1) is 0 Å². The lowest BCUT2D eigenvalue weighted by Gasteiger charge is -2.08. The van der Waals surface area contributed by atoms with Crippen LogP contribution in [-0.4, -0.2) is 25.5 Å². The quantitative estimate of drug-likeness (QED) is 0.785. The van der Waals surface area contributed by atoms with E-state index in [4.69, 9.17) is 4.74 Å². The number of hydrogen-bond donors (Lipinski definition) is 0. The molecule has 0 spiro atoms. The third-order valence-electron chi connectivity index (χ3n) is 3.61. The van der Waals surface area contributed by atoms with E-state index in [1.165, 1.54) is 26.3 Å². The van der Waals surface area contributed by atoms with Crippen molar-refractivity contribution in [3.05, 3.63) is 65.3 Å². The molecule has 5 nitrogen and oxygen atoms in total. The minimum Gasteiger partial charge on any atom is -0.466 e. The number of carbonyl (C=O) groups is 1. The van der Waals surface area contributed by atoms with Crippen molar-refractivity contribution in [3.8, 4) is 0 Å². The van der Waals surface area contributed by atoms with E-state index in [1.807, 2.05) is 6.92 Å². The molecule has 6 heteroatoms. The van der Waals surface area contributed by atoms with E-state index < -0.39 is 16.0 Å². The standard InChI is InChI=1S/C18H19NO4S/c1-5-6-15-11-12-19(17(15)14(3)18(20)23-4)24(21,22)16-9-7-13(2)8-10-16/h5-12H,1H2,2-4H3/b15-6-,17-14-. The normalized spacial score (nSPS) is 13.5. The summed E-state index contributed by atoms with van der Waals surface area (Å²) in [4.78, 5) is 12.1. The Morgan fingerprint density at radius 1 is 1.21 bits per heavy atom. The summed E-state index contributed by atoms with van der Waals surface area (Å²) in [6.07, 6.45) is 4.60. The zero-order valence-electron chi connectivity index (χ0n) is 13.8. The molecule has 0 radical (unpaired) electrons. The van der Waals surface area contributed by atoms with Crippen LogP contribution in [0.2, 0.25) is 0 Å². The molecule has 0 saturated carbocycles. The minimum atomic E-state index is -3.84. The van der Waals surface area contributed by atoms with E-state index >= 15 is 0 Å². The molecule has 1 aromatic carbocycles. The van der Waals surface area contributed by atoms with Gasteiger partial charge in [0.05, 0.1) is 22.9 Å². The lowest BCUT2D eigenvalue weighted by Crippen LogP contribution is -2.36. The lowest BCUT2D eigenvalue weighted by molar-refractivity contribution is -0.133. The zero-order chi connectivity index (χ0) is 17.9. The number of methoxy groups -OCH3 is 1. The Hall–Kier alpha value is -2.60. The Morgan fingerprint density at radius 3 is 2.38 bits per heavy atom. The topological polar surface area (TPSA) is 65.4 Å². The Morgan fingerprint density at radius 2 is 1.83 bits per heavy atom. The number of benzene rings is 1. The van der Waals surface area contributed by atoms with Crippen molar-refractivity contribution < 1.29 is 17.9 Å². The molecule has 0 fully saturated rings. The predicted molar refractivity (Wildman–Crippen MR) is 93.2 cm³/mol. The number of aromatic nitrogens is 1. The highest BCUT2D eigenvalue weighted by Crippen LogP contribution is 2.13. The number of ether oxygens (including phenoxy) is 1. The van der Waals surface area contributed by atoms with Gasteiger partial charge < -0.3 is 4.74 Å². The van der Waals surface area contributed by atoms with E-state index in [0.29, 0.717) is 5.22 Å². The van der Waals surface area contributed by atoms with Crippen molar-refractivity contribution in [3.63, 3.8) is 0 Å². The molecule has 0 aliphatic heterocycles. The minimum absolute atomic E-state index is 0.146. The summed E-state index contributed by atoms with van der Waals surface area (Å²) < 4.78 is 31.7. The van der Waals surface area contributed by atoms with Gasteiger partial charge in [-0.25, -0.2) is 17.2 Å². The van der Waals surface area contributed by atoms with E-state index in [2.05, 4.69) is 6.58 Å². The average molecular weight is 345 g/mol. The summed E-state index contributed by atoms with van der Waals surface area (Å²) in [5.41, 5.74) is 1.16.